The number of amides is 1. The normalized spacial score (nSPS) is 26.7. The minimum Gasteiger partial charge on any atom is -0.347 e. The highest BCUT2D eigenvalue weighted by Crippen LogP contribution is 2.51. The van der Waals surface area contributed by atoms with Crippen LogP contribution in [0.4, 0.5) is 0 Å². The molecule has 0 saturated heterocycles. The first-order chi connectivity index (χ1) is 8.34. The Morgan fingerprint density at radius 2 is 2.17 bits per heavy atom. The van der Waals surface area contributed by atoms with Gasteiger partial charge in [-0.15, -0.1) is 0 Å². The lowest BCUT2D eigenvalue weighted by Gasteiger charge is -2.15. The fraction of sp³-hybridized carbons (Fsp3) is 0.714. The number of hydrogen-bond donors (Lipinski definition) is 1. The second-order valence-corrected chi connectivity index (χ2v) is 6.17. The van der Waals surface area contributed by atoms with Gasteiger partial charge in [-0.25, -0.2) is 0 Å². The smallest absolute Gasteiger partial charge is 0.272 e. The summed E-state index contributed by atoms with van der Waals surface area (Å²) >= 11 is 0. The molecule has 1 saturated carbocycles. The van der Waals surface area contributed by atoms with E-state index in [0.717, 1.165) is 6.42 Å². The lowest BCUT2D eigenvalue weighted by molar-refractivity contribution is 0.0937. The monoisotopic (exact) mass is 249 g/mol. The first-order valence-electron chi connectivity index (χ1n) is 6.70. The quantitative estimate of drug-likeness (QED) is 0.891. The lowest BCUT2D eigenvalue weighted by atomic mass is 9.94. The number of aromatic nitrogens is 2. The Morgan fingerprint density at radius 3 is 2.61 bits per heavy atom. The third kappa shape index (κ3) is 2.28. The highest BCUT2D eigenvalue weighted by molar-refractivity contribution is 5.92. The highest BCUT2D eigenvalue weighted by Gasteiger charge is 2.52. The van der Waals surface area contributed by atoms with Crippen LogP contribution < -0.4 is 5.32 Å². The van der Waals surface area contributed by atoms with Crippen molar-refractivity contribution < 1.29 is 4.79 Å². The van der Waals surface area contributed by atoms with Gasteiger partial charge >= 0.3 is 0 Å². The van der Waals surface area contributed by atoms with E-state index in [1.807, 2.05) is 24.7 Å². The predicted molar refractivity (Wildman–Crippen MR) is 71.4 cm³/mol. The molecule has 2 rings (SSSR count). The van der Waals surface area contributed by atoms with Gasteiger partial charge in [-0.2, -0.15) is 5.10 Å². The number of rotatable bonds is 4. The standard InChI is InChI=1S/C14H23N3O/c1-9(2)14(5)8-12(14)15-13(18)11-6-7-17(16-11)10(3)4/h6-7,9-10,12H,8H2,1-5H3,(H,15,18)/t12-,14-/m1/s1. The van der Waals surface area contributed by atoms with Gasteiger partial charge in [0, 0.05) is 18.3 Å². The van der Waals surface area contributed by atoms with Crippen molar-refractivity contribution in [3.05, 3.63) is 18.0 Å². The number of hydrogen-bond acceptors (Lipinski definition) is 2. The third-order valence-electron chi connectivity index (χ3n) is 4.27. The Labute approximate surface area is 109 Å². The molecule has 1 fully saturated rings. The van der Waals surface area contributed by atoms with E-state index in [9.17, 15) is 4.79 Å². The maximum Gasteiger partial charge on any atom is 0.272 e. The van der Waals surface area contributed by atoms with Crippen molar-refractivity contribution in [2.45, 2.75) is 53.1 Å². The second kappa shape index (κ2) is 4.41. The van der Waals surface area contributed by atoms with Gasteiger partial charge in [0.05, 0.1) is 0 Å². The van der Waals surface area contributed by atoms with Crippen LogP contribution in [0.25, 0.3) is 0 Å². The van der Waals surface area contributed by atoms with Gasteiger partial charge in [-0.1, -0.05) is 20.8 Å². The zero-order valence-electron chi connectivity index (χ0n) is 11.9. The minimum atomic E-state index is -0.0521. The molecule has 0 aromatic carbocycles. The third-order valence-corrected chi connectivity index (χ3v) is 4.27. The van der Waals surface area contributed by atoms with Gasteiger partial charge < -0.3 is 5.32 Å². The molecule has 1 aliphatic rings. The molecule has 0 aliphatic heterocycles. The molecule has 0 unspecified atom stereocenters. The predicted octanol–water partition coefficient (Wildman–Crippen LogP) is 2.63. The van der Waals surface area contributed by atoms with E-state index in [-0.39, 0.29) is 17.4 Å². The average molecular weight is 249 g/mol. The van der Waals surface area contributed by atoms with Crippen LogP contribution in [0, 0.1) is 11.3 Å². The summed E-state index contributed by atoms with van der Waals surface area (Å²) in [5.41, 5.74) is 0.776. The van der Waals surface area contributed by atoms with Crippen LogP contribution in [0.15, 0.2) is 12.3 Å². The molecule has 100 valence electrons. The van der Waals surface area contributed by atoms with Gasteiger partial charge in [0.15, 0.2) is 0 Å². The van der Waals surface area contributed by atoms with Gasteiger partial charge in [-0.05, 0) is 37.7 Å². The van der Waals surface area contributed by atoms with Crippen molar-refractivity contribution >= 4 is 5.91 Å². The van der Waals surface area contributed by atoms with E-state index in [4.69, 9.17) is 0 Å². The van der Waals surface area contributed by atoms with Gasteiger partial charge in [0.2, 0.25) is 0 Å². The van der Waals surface area contributed by atoms with E-state index in [1.165, 1.54) is 0 Å². The molecule has 0 bridgehead atoms. The molecule has 1 heterocycles. The van der Waals surface area contributed by atoms with Crippen molar-refractivity contribution in [3.8, 4) is 0 Å². The molecule has 1 amide bonds. The topological polar surface area (TPSA) is 46.9 Å². The SMILES string of the molecule is CC(C)n1ccc(C(=O)N[C@@H]2C[C@]2(C)C(C)C)n1. The van der Waals surface area contributed by atoms with Gasteiger partial charge in [0.1, 0.15) is 5.69 Å². The van der Waals surface area contributed by atoms with Crippen LogP contribution in [-0.4, -0.2) is 21.7 Å². The molecule has 18 heavy (non-hydrogen) atoms. The Balaban J connectivity index is 1.97. The van der Waals surface area contributed by atoms with Gasteiger partial charge in [0.25, 0.3) is 5.91 Å². The number of carbonyl (C=O) groups excluding carboxylic acids is 1. The number of nitrogens with zero attached hydrogens (tertiary/aromatic N) is 2. The first kappa shape index (κ1) is 13.1. The van der Waals surface area contributed by atoms with Crippen molar-refractivity contribution in [2.24, 2.45) is 11.3 Å². The minimum absolute atomic E-state index is 0.0521. The van der Waals surface area contributed by atoms with Crippen LogP contribution >= 0.6 is 0 Å². The fourth-order valence-corrected chi connectivity index (χ4v) is 2.21. The highest BCUT2D eigenvalue weighted by atomic mass is 16.2. The van der Waals surface area contributed by atoms with E-state index >= 15 is 0 Å². The Morgan fingerprint density at radius 1 is 1.50 bits per heavy atom. The maximum absolute atomic E-state index is 12.1. The van der Waals surface area contributed by atoms with Crippen LogP contribution in [0.3, 0.4) is 0 Å². The first-order valence-corrected chi connectivity index (χ1v) is 6.70. The van der Waals surface area contributed by atoms with Gasteiger partial charge in [-0.3, -0.25) is 9.48 Å². The average Bonchev–Trinajstić information content (AvgIpc) is 2.79. The van der Waals surface area contributed by atoms with Crippen molar-refractivity contribution in [1.29, 1.82) is 0 Å². The zero-order chi connectivity index (χ0) is 13.5. The van der Waals surface area contributed by atoms with E-state index < -0.39 is 0 Å². The molecule has 1 aromatic rings. The fourth-order valence-electron chi connectivity index (χ4n) is 2.21. The largest absolute Gasteiger partial charge is 0.347 e. The van der Waals surface area contributed by atoms with E-state index in [1.54, 1.807) is 6.07 Å². The summed E-state index contributed by atoms with van der Waals surface area (Å²) in [6.45, 7) is 10.7. The summed E-state index contributed by atoms with van der Waals surface area (Å²) in [6, 6.07) is 2.37. The van der Waals surface area contributed by atoms with Crippen molar-refractivity contribution in [1.82, 2.24) is 15.1 Å². The van der Waals surface area contributed by atoms with Crippen LogP contribution in [0.5, 0.6) is 0 Å². The van der Waals surface area contributed by atoms with Crippen LogP contribution in [0.2, 0.25) is 0 Å². The summed E-state index contributed by atoms with van der Waals surface area (Å²) in [5.74, 6) is 0.541. The molecule has 2 atom stereocenters. The van der Waals surface area contributed by atoms with Crippen molar-refractivity contribution in [2.75, 3.05) is 0 Å². The molecular weight excluding hydrogens is 226 g/mol. The summed E-state index contributed by atoms with van der Waals surface area (Å²) in [5, 5.41) is 7.37. The molecule has 4 heteroatoms. The molecule has 1 N–H and O–H groups in total. The Kier molecular flexibility index (Phi) is 3.21. The molecule has 1 aromatic heterocycles. The van der Waals surface area contributed by atoms with E-state index in [0.29, 0.717) is 17.7 Å². The maximum atomic E-state index is 12.1. The van der Waals surface area contributed by atoms with Crippen LogP contribution in [-0.2, 0) is 0 Å². The summed E-state index contributed by atoms with van der Waals surface area (Å²) in [7, 11) is 0. The summed E-state index contributed by atoms with van der Waals surface area (Å²) < 4.78 is 1.81. The summed E-state index contributed by atoms with van der Waals surface area (Å²) in [6.07, 6.45) is 2.93. The van der Waals surface area contributed by atoms with E-state index in [2.05, 4.69) is 31.2 Å². The van der Waals surface area contributed by atoms with Crippen molar-refractivity contribution in [3.63, 3.8) is 0 Å². The zero-order valence-corrected chi connectivity index (χ0v) is 11.9. The number of nitrogens with one attached hydrogen (secondary N) is 1. The molecule has 0 spiro atoms. The molecule has 1 aliphatic carbocycles. The molecule has 4 nitrogen and oxygen atoms in total. The van der Waals surface area contributed by atoms with Crippen LogP contribution in [0.1, 0.15) is 57.6 Å². The molecular formula is C14H23N3O. The summed E-state index contributed by atoms with van der Waals surface area (Å²) in [4.78, 5) is 12.1. The second-order valence-electron chi connectivity index (χ2n) is 6.17. The Bertz CT molecular complexity index is 450. The Hall–Kier alpha value is -1.32. The number of carbonyl (C=O) groups is 1. The lowest BCUT2D eigenvalue weighted by Crippen LogP contribution is -2.30. The molecule has 0 radical (unpaired) electrons.